The summed E-state index contributed by atoms with van der Waals surface area (Å²) in [6.07, 6.45) is -0.358. The van der Waals surface area contributed by atoms with Crippen molar-refractivity contribution in [2.24, 2.45) is 5.92 Å². The second-order valence-electron chi connectivity index (χ2n) is 14.9. The number of nitrogens with zero attached hydrogens (tertiary/aromatic N) is 5. The maximum atomic E-state index is 17.0. The fraction of sp³-hybridized carbons (Fsp3) is 0.425. The van der Waals surface area contributed by atoms with Gasteiger partial charge in [-0.1, -0.05) is 45.9 Å². The molecular weight excluding hydrogens is 718 g/mol. The number of hydrogen-bond donors (Lipinski definition) is 2. The highest BCUT2D eigenvalue weighted by molar-refractivity contribution is 5.98. The van der Waals surface area contributed by atoms with E-state index in [0.717, 1.165) is 34.9 Å². The lowest BCUT2D eigenvalue weighted by atomic mass is 9.95. The summed E-state index contributed by atoms with van der Waals surface area (Å²) in [5, 5.41) is 8.19. The van der Waals surface area contributed by atoms with Crippen LogP contribution in [-0.2, 0) is 52.9 Å². The SMILES string of the molecule is CCc1cccc(CC)c1-n1nc2c(c1-c1c(F)cc(COC(=O)C(NC(=O)OC(C)(C)C)C(C)C)c3[nH]ccc13)CN(c1ncc(C(F)(F)F)cn1)CC2. The fourth-order valence-corrected chi connectivity index (χ4v) is 6.88. The van der Waals surface area contributed by atoms with Crippen molar-refractivity contribution in [1.29, 1.82) is 0 Å². The van der Waals surface area contributed by atoms with E-state index in [1.165, 1.54) is 6.07 Å². The van der Waals surface area contributed by atoms with Crippen LogP contribution in [0.1, 0.15) is 82.0 Å². The zero-order chi connectivity index (χ0) is 39.8. The molecule has 2 aromatic carbocycles. The number of alkyl carbamates (subject to hydrolysis) is 1. The summed E-state index contributed by atoms with van der Waals surface area (Å²) in [5.74, 6) is -1.51. The Kier molecular flexibility index (Phi) is 10.9. The number of alkyl halides is 3. The number of amides is 1. The van der Waals surface area contributed by atoms with E-state index < -0.39 is 41.3 Å². The lowest BCUT2D eigenvalue weighted by molar-refractivity contribution is -0.148. The van der Waals surface area contributed by atoms with Gasteiger partial charge in [-0.15, -0.1) is 0 Å². The summed E-state index contributed by atoms with van der Waals surface area (Å²) in [4.78, 5) is 38.8. The van der Waals surface area contributed by atoms with E-state index in [0.29, 0.717) is 53.5 Å². The molecule has 0 fully saturated rings. The monoisotopic (exact) mass is 763 g/mol. The molecule has 11 nitrogen and oxygen atoms in total. The van der Waals surface area contributed by atoms with Crippen molar-refractivity contribution >= 4 is 28.9 Å². The Hall–Kier alpha value is -5.47. The summed E-state index contributed by atoms with van der Waals surface area (Å²) in [5.41, 5.74) is 4.22. The van der Waals surface area contributed by atoms with Gasteiger partial charge in [0.1, 0.15) is 24.1 Å². The number of esters is 1. The van der Waals surface area contributed by atoms with Crippen molar-refractivity contribution in [3.63, 3.8) is 0 Å². The van der Waals surface area contributed by atoms with E-state index in [2.05, 4.69) is 20.3 Å². The molecule has 5 aromatic rings. The third kappa shape index (κ3) is 8.15. The van der Waals surface area contributed by atoms with Gasteiger partial charge >= 0.3 is 18.2 Å². The molecule has 1 amide bonds. The van der Waals surface area contributed by atoms with Gasteiger partial charge < -0.3 is 24.7 Å². The summed E-state index contributed by atoms with van der Waals surface area (Å²) in [6.45, 7) is 13.0. The predicted molar refractivity (Wildman–Crippen MR) is 199 cm³/mol. The molecule has 292 valence electrons. The molecule has 2 N–H and O–H groups in total. The number of benzene rings is 2. The zero-order valence-corrected chi connectivity index (χ0v) is 31.9. The Morgan fingerprint density at radius 1 is 1.02 bits per heavy atom. The predicted octanol–water partition coefficient (Wildman–Crippen LogP) is 8.25. The van der Waals surface area contributed by atoms with Gasteiger partial charge in [0.25, 0.3) is 0 Å². The molecule has 6 rings (SSSR count). The standard InChI is InChI=1S/C40H45F4N7O4/c1-8-23-11-10-12-24(9-2)34(23)51-35(28-20-50(16-14-30(28)49-51)37-46-18-26(19-47-37)40(42,43)44)31-27-13-15-45-33(27)25(17-29(31)41)21-54-36(52)32(22(3)4)48-38(53)55-39(5,6)7/h10-13,15,17-19,22,32,45H,8-9,14,16,20-21H2,1-7H3,(H,48,53). The number of H-pyrrole nitrogens is 1. The molecule has 1 aliphatic heterocycles. The van der Waals surface area contributed by atoms with Crippen molar-refractivity contribution in [2.75, 3.05) is 11.4 Å². The summed E-state index contributed by atoms with van der Waals surface area (Å²) >= 11 is 0. The number of aromatic amines is 1. The number of fused-ring (bicyclic) bond motifs is 2. The van der Waals surface area contributed by atoms with Crippen LogP contribution < -0.4 is 10.2 Å². The molecule has 15 heteroatoms. The van der Waals surface area contributed by atoms with Gasteiger partial charge in [-0.3, -0.25) is 0 Å². The molecule has 1 unspecified atom stereocenters. The first kappa shape index (κ1) is 39.2. The summed E-state index contributed by atoms with van der Waals surface area (Å²) in [7, 11) is 0. The molecule has 0 radical (unpaired) electrons. The van der Waals surface area contributed by atoms with Gasteiger partial charge in [0.05, 0.1) is 28.2 Å². The minimum atomic E-state index is -4.58. The minimum Gasteiger partial charge on any atom is -0.459 e. The largest absolute Gasteiger partial charge is 0.459 e. The number of aromatic nitrogens is 5. The van der Waals surface area contributed by atoms with Gasteiger partial charge in [-0.2, -0.15) is 18.3 Å². The Morgan fingerprint density at radius 2 is 1.69 bits per heavy atom. The van der Waals surface area contributed by atoms with Crippen LogP contribution in [0.3, 0.4) is 0 Å². The maximum Gasteiger partial charge on any atom is 0.419 e. The first-order chi connectivity index (χ1) is 26.0. The van der Waals surface area contributed by atoms with E-state index in [4.69, 9.17) is 14.6 Å². The molecule has 0 spiro atoms. The zero-order valence-electron chi connectivity index (χ0n) is 31.9. The second kappa shape index (κ2) is 15.3. The first-order valence-electron chi connectivity index (χ1n) is 18.3. The first-order valence-corrected chi connectivity index (χ1v) is 18.3. The van der Waals surface area contributed by atoms with Gasteiger partial charge in [0.15, 0.2) is 0 Å². The molecular formula is C40H45F4N7O4. The molecule has 1 aliphatic rings. The highest BCUT2D eigenvalue weighted by atomic mass is 19.4. The smallest absolute Gasteiger partial charge is 0.419 e. The van der Waals surface area contributed by atoms with Crippen LogP contribution in [0.15, 0.2) is 48.9 Å². The maximum absolute atomic E-state index is 17.0. The number of halogens is 4. The van der Waals surface area contributed by atoms with E-state index in [1.54, 1.807) is 56.5 Å². The number of anilines is 1. The molecule has 1 atom stereocenters. The number of ether oxygens (including phenoxy) is 2. The molecule has 4 heterocycles. The average Bonchev–Trinajstić information content (AvgIpc) is 3.76. The quantitative estimate of drug-likeness (QED) is 0.108. The van der Waals surface area contributed by atoms with Crippen LogP contribution in [0.2, 0.25) is 0 Å². The van der Waals surface area contributed by atoms with Gasteiger partial charge in [0.2, 0.25) is 5.95 Å². The second-order valence-corrected chi connectivity index (χ2v) is 14.9. The number of para-hydroxylation sites is 1. The lowest BCUT2D eigenvalue weighted by Gasteiger charge is -2.27. The molecule has 55 heavy (non-hydrogen) atoms. The minimum absolute atomic E-state index is 0.117. The third-order valence-corrected chi connectivity index (χ3v) is 9.54. The van der Waals surface area contributed by atoms with E-state index in [-0.39, 0.29) is 30.6 Å². The van der Waals surface area contributed by atoms with Crippen molar-refractivity contribution in [3.8, 4) is 16.9 Å². The highest BCUT2D eigenvalue weighted by Crippen LogP contribution is 2.41. The summed E-state index contributed by atoms with van der Waals surface area (Å²) < 4.78 is 69.7. The molecule has 3 aromatic heterocycles. The number of rotatable bonds is 10. The number of nitrogens with one attached hydrogen (secondary N) is 2. The Labute approximate surface area is 316 Å². The topological polar surface area (TPSA) is 127 Å². The van der Waals surface area contributed by atoms with Crippen LogP contribution in [0.5, 0.6) is 0 Å². The van der Waals surface area contributed by atoms with Gasteiger partial charge in [-0.25, -0.2) is 28.6 Å². The Morgan fingerprint density at radius 3 is 2.29 bits per heavy atom. The van der Waals surface area contributed by atoms with Crippen LogP contribution in [-0.4, -0.2) is 55.0 Å². The van der Waals surface area contributed by atoms with Crippen LogP contribution in [0.4, 0.5) is 28.3 Å². The normalized spacial score (nSPS) is 13.9. The number of aryl methyl sites for hydroxylation is 2. The number of carbonyl (C=O) groups is 2. The van der Waals surface area contributed by atoms with Gasteiger partial charge in [-0.05, 0) is 62.8 Å². The van der Waals surface area contributed by atoms with Gasteiger partial charge in [0, 0.05) is 60.2 Å². The molecule has 0 aliphatic carbocycles. The Bertz CT molecular complexity index is 2180. The lowest BCUT2D eigenvalue weighted by Crippen LogP contribution is -2.47. The van der Waals surface area contributed by atoms with E-state index in [9.17, 15) is 22.8 Å². The number of hydrogen-bond acceptors (Lipinski definition) is 8. The molecule has 0 saturated heterocycles. The van der Waals surface area contributed by atoms with Crippen molar-refractivity contribution in [2.45, 2.75) is 98.7 Å². The Balaban J connectivity index is 1.42. The number of carbonyl (C=O) groups excluding carboxylic acids is 2. The van der Waals surface area contributed by atoms with Crippen LogP contribution in [0.25, 0.3) is 27.8 Å². The highest BCUT2D eigenvalue weighted by Gasteiger charge is 2.34. The third-order valence-electron chi connectivity index (χ3n) is 9.54. The van der Waals surface area contributed by atoms with Crippen molar-refractivity contribution in [1.82, 2.24) is 30.0 Å². The average molecular weight is 764 g/mol. The summed E-state index contributed by atoms with van der Waals surface area (Å²) in [6, 6.07) is 8.08. The van der Waals surface area contributed by atoms with Crippen molar-refractivity contribution < 1.29 is 36.6 Å². The fourth-order valence-electron chi connectivity index (χ4n) is 6.88. The molecule has 0 saturated carbocycles. The van der Waals surface area contributed by atoms with E-state index in [1.807, 2.05) is 32.0 Å². The molecule has 0 bridgehead atoms. The van der Waals surface area contributed by atoms with E-state index >= 15 is 4.39 Å². The van der Waals surface area contributed by atoms with Crippen molar-refractivity contribution in [3.05, 3.63) is 88.3 Å². The van der Waals surface area contributed by atoms with Crippen LogP contribution >= 0.6 is 0 Å². The van der Waals surface area contributed by atoms with Crippen LogP contribution in [0, 0.1) is 11.7 Å².